The van der Waals surface area contributed by atoms with Gasteiger partial charge in [-0.3, -0.25) is 0 Å². The average molecular weight is 312 g/mol. The van der Waals surface area contributed by atoms with Crippen LogP contribution in [0.1, 0.15) is 11.1 Å². The van der Waals surface area contributed by atoms with Gasteiger partial charge in [0, 0.05) is 17.6 Å². The monoisotopic (exact) mass is 311 g/mol. The van der Waals surface area contributed by atoms with Crippen LogP contribution < -0.4 is 5.32 Å². The second-order valence-electron chi connectivity index (χ2n) is 4.01. The quantitative estimate of drug-likeness (QED) is 0.899. The van der Waals surface area contributed by atoms with E-state index in [-0.39, 0.29) is 11.6 Å². The fourth-order valence-electron chi connectivity index (χ4n) is 1.71. The molecule has 18 heavy (non-hydrogen) atoms. The first kappa shape index (κ1) is 13.2. The van der Waals surface area contributed by atoms with Gasteiger partial charge in [0.2, 0.25) is 0 Å². The molecule has 1 N–H and O–H groups in total. The molecule has 4 heteroatoms. The van der Waals surface area contributed by atoms with E-state index >= 15 is 0 Å². The molecule has 2 aromatic rings. The summed E-state index contributed by atoms with van der Waals surface area (Å²) in [7, 11) is 0. The summed E-state index contributed by atoms with van der Waals surface area (Å²) in [5.74, 6) is -0.519. The zero-order valence-corrected chi connectivity index (χ0v) is 11.2. The third-order valence-electron chi connectivity index (χ3n) is 2.47. The molecule has 0 aliphatic rings. The van der Waals surface area contributed by atoms with Crippen LogP contribution in [0.5, 0.6) is 0 Å². The van der Waals surface area contributed by atoms with Crippen molar-refractivity contribution in [2.75, 3.05) is 0 Å². The molecular formula is C14H12BrF2N. The fourth-order valence-corrected chi connectivity index (χ4v) is 2.22. The van der Waals surface area contributed by atoms with E-state index in [0.717, 1.165) is 11.1 Å². The summed E-state index contributed by atoms with van der Waals surface area (Å²) in [6.45, 7) is 1.08. The van der Waals surface area contributed by atoms with Gasteiger partial charge >= 0.3 is 0 Å². The predicted octanol–water partition coefficient (Wildman–Crippen LogP) is 4.02. The molecule has 2 rings (SSSR count). The van der Waals surface area contributed by atoms with Gasteiger partial charge in [-0.1, -0.05) is 28.1 Å². The maximum absolute atomic E-state index is 13.1. The van der Waals surface area contributed by atoms with Crippen molar-refractivity contribution in [1.29, 1.82) is 0 Å². The standard InChI is InChI=1S/C14H12BrF2N/c15-12-4-11(6-14(17)7-12)9-18-8-10-2-1-3-13(16)5-10/h1-7,18H,8-9H2. The first-order chi connectivity index (χ1) is 8.63. The molecule has 0 fully saturated rings. The molecule has 0 aromatic heterocycles. The summed E-state index contributed by atoms with van der Waals surface area (Å²) in [5.41, 5.74) is 1.71. The Morgan fingerprint density at radius 2 is 1.61 bits per heavy atom. The number of hydrogen-bond donors (Lipinski definition) is 1. The summed E-state index contributed by atoms with van der Waals surface area (Å²) in [4.78, 5) is 0. The molecule has 0 unspecified atom stereocenters. The van der Waals surface area contributed by atoms with E-state index in [2.05, 4.69) is 21.2 Å². The van der Waals surface area contributed by atoms with Crippen LogP contribution >= 0.6 is 15.9 Å². The minimum Gasteiger partial charge on any atom is -0.309 e. The van der Waals surface area contributed by atoms with Gasteiger partial charge in [-0.2, -0.15) is 0 Å². The Bertz CT molecular complexity index is 523. The number of nitrogens with one attached hydrogen (secondary N) is 1. The highest BCUT2D eigenvalue weighted by molar-refractivity contribution is 9.10. The van der Waals surface area contributed by atoms with Crippen molar-refractivity contribution in [3.05, 3.63) is 69.7 Å². The lowest BCUT2D eigenvalue weighted by Crippen LogP contribution is -2.12. The maximum atomic E-state index is 13.1. The molecule has 1 nitrogen and oxygen atoms in total. The number of hydrogen-bond acceptors (Lipinski definition) is 1. The van der Waals surface area contributed by atoms with Gasteiger partial charge in [0.05, 0.1) is 0 Å². The lowest BCUT2D eigenvalue weighted by molar-refractivity contribution is 0.614. The molecule has 0 radical (unpaired) electrons. The second-order valence-corrected chi connectivity index (χ2v) is 4.93. The Hall–Kier alpha value is -1.26. The Balaban J connectivity index is 1.92. The molecular weight excluding hydrogens is 300 g/mol. The lowest BCUT2D eigenvalue weighted by atomic mass is 10.2. The van der Waals surface area contributed by atoms with Crippen molar-refractivity contribution in [2.45, 2.75) is 13.1 Å². The predicted molar refractivity (Wildman–Crippen MR) is 71.0 cm³/mol. The summed E-state index contributed by atoms with van der Waals surface area (Å²) in [5, 5.41) is 3.15. The van der Waals surface area contributed by atoms with Crippen LogP contribution in [0.2, 0.25) is 0 Å². The molecule has 0 bridgehead atoms. The fraction of sp³-hybridized carbons (Fsp3) is 0.143. The summed E-state index contributed by atoms with van der Waals surface area (Å²) in [6.07, 6.45) is 0. The van der Waals surface area contributed by atoms with Gasteiger partial charge < -0.3 is 5.32 Å². The highest BCUT2D eigenvalue weighted by Gasteiger charge is 2.00. The van der Waals surface area contributed by atoms with Crippen LogP contribution in [0.15, 0.2) is 46.9 Å². The second kappa shape index (κ2) is 6.07. The molecule has 94 valence electrons. The minimum atomic E-state index is -0.271. The van der Waals surface area contributed by atoms with Gasteiger partial charge in [-0.15, -0.1) is 0 Å². The van der Waals surface area contributed by atoms with E-state index in [1.54, 1.807) is 6.07 Å². The smallest absolute Gasteiger partial charge is 0.124 e. The van der Waals surface area contributed by atoms with Gasteiger partial charge in [0.25, 0.3) is 0 Å². The van der Waals surface area contributed by atoms with Crippen LogP contribution in [0.4, 0.5) is 8.78 Å². The molecule has 0 heterocycles. The van der Waals surface area contributed by atoms with E-state index in [1.165, 1.54) is 24.3 Å². The molecule has 0 saturated carbocycles. The molecule has 0 aliphatic carbocycles. The van der Waals surface area contributed by atoms with Crippen LogP contribution in [0.3, 0.4) is 0 Å². The SMILES string of the molecule is Fc1cccc(CNCc2cc(F)cc(Br)c2)c1. The van der Waals surface area contributed by atoms with Crippen LogP contribution in [-0.2, 0) is 13.1 Å². The number of halogens is 3. The molecule has 0 atom stereocenters. The first-order valence-electron chi connectivity index (χ1n) is 5.53. The number of rotatable bonds is 4. The van der Waals surface area contributed by atoms with Gasteiger partial charge in [-0.05, 0) is 41.5 Å². The third kappa shape index (κ3) is 3.89. The normalized spacial score (nSPS) is 10.6. The largest absolute Gasteiger partial charge is 0.309 e. The van der Waals surface area contributed by atoms with Gasteiger partial charge in [0.15, 0.2) is 0 Å². The van der Waals surface area contributed by atoms with E-state index in [0.29, 0.717) is 17.6 Å². The van der Waals surface area contributed by atoms with Crippen molar-refractivity contribution < 1.29 is 8.78 Å². The van der Waals surface area contributed by atoms with Crippen LogP contribution in [-0.4, -0.2) is 0 Å². The van der Waals surface area contributed by atoms with Crippen LogP contribution in [0, 0.1) is 11.6 Å². The number of benzene rings is 2. The van der Waals surface area contributed by atoms with E-state index < -0.39 is 0 Å². The van der Waals surface area contributed by atoms with Crippen molar-refractivity contribution in [1.82, 2.24) is 5.32 Å². The van der Waals surface area contributed by atoms with E-state index in [4.69, 9.17) is 0 Å². The molecule has 0 amide bonds. The van der Waals surface area contributed by atoms with E-state index in [1.807, 2.05) is 12.1 Å². The average Bonchev–Trinajstić information content (AvgIpc) is 2.27. The van der Waals surface area contributed by atoms with Crippen molar-refractivity contribution in [3.63, 3.8) is 0 Å². The molecule has 0 aliphatic heterocycles. The Morgan fingerprint density at radius 3 is 2.33 bits per heavy atom. The van der Waals surface area contributed by atoms with Crippen molar-refractivity contribution >= 4 is 15.9 Å². The highest BCUT2D eigenvalue weighted by atomic mass is 79.9. The Labute approximate surface area is 113 Å². The molecule has 0 saturated heterocycles. The van der Waals surface area contributed by atoms with E-state index in [9.17, 15) is 8.78 Å². The van der Waals surface area contributed by atoms with Crippen molar-refractivity contribution in [3.8, 4) is 0 Å². The maximum Gasteiger partial charge on any atom is 0.124 e. The molecule has 0 spiro atoms. The summed E-state index contributed by atoms with van der Waals surface area (Å²) in [6, 6.07) is 11.1. The third-order valence-corrected chi connectivity index (χ3v) is 2.93. The van der Waals surface area contributed by atoms with Crippen molar-refractivity contribution in [2.24, 2.45) is 0 Å². The first-order valence-corrected chi connectivity index (χ1v) is 6.33. The summed E-state index contributed by atoms with van der Waals surface area (Å²) >= 11 is 3.24. The lowest BCUT2D eigenvalue weighted by Gasteiger charge is -2.06. The molecule has 2 aromatic carbocycles. The summed E-state index contributed by atoms with van der Waals surface area (Å²) < 4.78 is 26.8. The zero-order valence-electron chi connectivity index (χ0n) is 9.59. The van der Waals surface area contributed by atoms with Gasteiger partial charge in [-0.25, -0.2) is 8.78 Å². The Morgan fingerprint density at radius 1 is 0.889 bits per heavy atom. The van der Waals surface area contributed by atoms with Crippen LogP contribution in [0.25, 0.3) is 0 Å². The Kier molecular flexibility index (Phi) is 4.44. The van der Waals surface area contributed by atoms with Gasteiger partial charge in [0.1, 0.15) is 11.6 Å². The highest BCUT2D eigenvalue weighted by Crippen LogP contribution is 2.14. The zero-order chi connectivity index (χ0) is 13.0. The topological polar surface area (TPSA) is 12.0 Å². The minimum absolute atomic E-state index is 0.247.